The van der Waals surface area contributed by atoms with E-state index in [2.05, 4.69) is 22.4 Å². The summed E-state index contributed by atoms with van der Waals surface area (Å²) in [5.74, 6) is 1.30. The molecule has 6 nitrogen and oxygen atoms in total. The molecule has 1 aliphatic heterocycles. The Hall–Kier alpha value is -1.40. The number of nitrogens with zero attached hydrogens (tertiary/aromatic N) is 3. The van der Waals surface area contributed by atoms with Gasteiger partial charge in [-0.05, 0) is 14.0 Å². The first-order valence-electron chi connectivity index (χ1n) is 7.45. The summed E-state index contributed by atoms with van der Waals surface area (Å²) in [6, 6.07) is 0. The fourth-order valence-electron chi connectivity index (χ4n) is 2.19. The van der Waals surface area contributed by atoms with Crippen molar-refractivity contribution in [2.75, 3.05) is 33.2 Å². The largest absolute Gasteiger partial charge is 0.444 e. The monoisotopic (exact) mass is 294 g/mol. The van der Waals surface area contributed by atoms with Crippen LogP contribution in [-0.4, -0.2) is 54.0 Å². The number of aromatic nitrogens is 1. The molecule has 2 heterocycles. The van der Waals surface area contributed by atoms with Gasteiger partial charge in [0.2, 0.25) is 5.91 Å². The van der Waals surface area contributed by atoms with Gasteiger partial charge < -0.3 is 9.32 Å². The topological polar surface area (TPSA) is 61.6 Å². The summed E-state index contributed by atoms with van der Waals surface area (Å²) in [6.07, 6.45) is 0.237. The van der Waals surface area contributed by atoms with E-state index in [1.54, 1.807) is 0 Å². The highest BCUT2D eigenvalue weighted by atomic mass is 16.4. The zero-order valence-corrected chi connectivity index (χ0v) is 13.7. The van der Waals surface area contributed by atoms with Crippen LogP contribution in [0.1, 0.15) is 38.1 Å². The Labute approximate surface area is 126 Å². The lowest BCUT2D eigenvalue weighted by molar-refractivity contribution is -0.126. The number of rotatable bonds is 3. The predicted octanol–water partition coefficient (Wildman–Crippen LogP) is 1.10. The van der Waals surface area contributed by atoms with Gasteiger partial charge in [-0.25, -0.2) is 9.99 Å². The molecule has 6 heteroatoms. The molecule has 0 aliphatic carbocycles. The molecule has 0 atom stereocenters. The molecule has 0 unspecified atom stereocenters. The Balaban J connectivity index is 1.92. The maximum atomic E-state index is 12.1. The van der Waals surface area contributed by atoms with Crippen LogP contribution in [0.3, 0.4) is 0 Å². The van der Waals surface area contributed by atoms with E-state index < -0.39 is 0 Å². The maximum Gasteiger partial charge on any atom is 0.241 e. The Morgan fingerprint density at radius 2 is 1.90 bits per heavy atom. The second-order valence-corrected chi connectivity index (χ2v) is 6.78. The molecule has 1 saturated heterocycles. The molecular formula is C15H26N4O2. The Morgan fingerprint density at radius 1 is 1.29 bits per heavy atom. The first-order chi connectivity index (χ1) is 9.75. The van der Waals surface area contributed by atoms with Crippen molar-refractivity contribution in [3.63, 3.8) is 0 Å². The molecule has 1 aromatic rings. The smallest absolute Gasteiger partial charge is 0.241 e. The van der Waals surface area contributed by atoms with Gasteiger partial charge >= 0.3 is 0 Å². The van der Waals surface area contributed by atoms with Crippen LogP contribution in [0.15, 0.2) is 4.42 Å². The number of hydrogen-bond donors (Lipinski definition) is 1. The summed E-state index contributed by atoms with van der Waals surface area (Å²) in [6.45, 7) is 11.7. The van der Waals surface area contributed by atoms with Crippen LogP contribution in [0.4, 0.5) is 0 Å². The van der Waals surface area contributed by atoms with Gasteiger partial charge in [-0.3, -0.25) is 10.2 Å². The lowest BCUT2D eigenvalue weighted by atomic mass is 9.97. The molecule has 118 valence electrons. The maximum absolute atomic E-state index is 12.1. The number of piperazine rings is 1. The van der Waals surface area contributed by atoms with Crippen LogP contribution in [0.2, 0.25) is 0 Å². The minimum atomic E-state index is -0.142. The van der Waals surface area contributed by atoms with Gasteiger partial charge in [0.15, 0.2) is 5.89 Å². The Kier molecular flexibility index (Phi) is 4.68. The molecule has 0 aromatic carbocycles. The summed E-state index contributed by atoms with van der Waals surface area (Å²) in [7, 11) is 2.09. The van der Waals surface area contributed by atoms with E-state index in [0.717, 1.165) is 31.9 Å². The summed E-state index contributed by atoms with van der Waals surface area (Å²) >= 11 is 0. The molecule has 1 aliphatic rings. The van der Waals surface area contributed by atoms with Crippen molar-refractivity contribution >= 4 is 5.91 Å². The van der Waals surface area contributed by atoms with Crippen molar-refractivity contribution < 1.29 is 9.21 Å². The average molecular weight is 294 g/mol. The average Bonchev–Trinajstić information content (AvgIpc) is 2.74. The molecular weight excluding hydrogens is 268 g/mol. The number of oxazole rings is 1. The number of nitrogens with one attached hydrogen (secondary N) is 1. The lowest BCUT2D eigenvalue weighted by Gasteiger charge is -2.32. The van der Waals surface area contributed by atoms with Crippen LogP contribution < -0.4 is 5.43 Å². The molecule has 0 spiro atoms. The van der Waals surface area contributed by atoms with Crippen molar-refractivity contribution in [3.8, 4) is 0 Å². The standard InChI is InChI=1S/C15H26N4O2/c1-11-12(21-14(16-11)15(2,3)4)10-13(20)17-19-8-6-18(5)7-9-19/h6-10H2,1-5H3,(H,17,20). The van der Waals surface area contributed by atoms with E-state index >= 15 is 0 Å². The van der Waals surface area contributed by atoms with E-state index in [1.165, 1.54) is 0 Å². The third kappa shape index (κ3) is 4.28. The van der Waals surface area contributed by atoms with Gasteiger partial charge in [0.25, 0.3) is 0 Å². The quantitative estimate of drug-likeness (QED) is 0.904. The third-order valence-electron chi connectivity index (χ3n) is 3.64. The summed E-state index contributed by atoms with van der Waals surface area (Å²) in [4.78, 5) is 18.8. The van der Waals surface area contributed by atoms with Crippen LogP contribution in [0.5, 0.6) is 0 Å². The van der Waals surface area contributed by atoms with E-state index in [4.69, 9.17) is 4.42 Å². The minimum Gasteiger partial charge on any atom is -0.444 e. The fraction of sp³-hybridized carbons (Fsp3) is 0.733. The van der Waals surface area contributed by atoms with Crippen LogP contribution >= 0.6 is 0 Å². The number of carbonyl (C=O) groups is 1. The first kappa shape index (κ1) is 16.0. The van der Waals surface area contributed by atoms with Crippen LogP contribution in [-0.2, 0) is 16.6 Å². The van der Waals surface area contributed by atoms with E-state index in [9.17, 15) is 4.79 Å². The van der Waals surface area contributed by atoms with Crippen molar-refractivity contribution in [2.45, 2.75) is 39.5 Å². The number of likely N-dealkylation sites (N-methyl/N-ethyl adjacent to an activating group) is 1. The number of aryl methyl sites for hydroxylation is 1. The molecule has 1 amide bonds. The second-order valence-electron chi connectivity index (χ2n) is 6.78. The fourth-order valence-corrected chi connectivity index (χ4v) is 2.19. The molecule has 2 rings (SSSR count). The molecule has 0 saturated carbocycles. The van der Waals surface area contributed by atoms with Crippen LogP contribution in [0, 0.1) is 6.92 Å². The molecule has 21 heavy (non-hydrogen) atoms. The van der Waals surface area contributed by atoms with Gasteiger partial charge in [-0.1, -0.05) is 20.8 Å². The Bertz CT molecular complexity index is 496. The van der Waals surface area contributed by atoms with Crippen molar-refractivity contribution in [1.29, 1.82) is 0 Å². The molecule has 1 aromatic heterocycles. The SMILES string of the molecule is Cc1nc(C(C)(C)C)oc1CC(=O)NN1CCN(C)CC1. The zero-order chi connectivity index (χ0) is 15.6. The summed E-state index contributed by atoms with van der Waals surface area (Å²) < 4.78 is 5.76. The number of carbonyl (C=O) groups excluding carboxylic acids is 1. The predicted molar refractivity (Wildman–Crippen MR) is 80.9 cm³/mol. The zero-order valence-electron chi connectivity index (χ0n) is 13.7. The molecule has 1 N–H and O–H groups in total. The number of amides is 1. The van der Waals surface area contributed by atoms with E-state index in [-0.39, 0.29) is 17.7 Å². The van der Waals surface area contributed by atoms with E-state index in [1.807, 2.05) is 32.7 Å². The van der Waals surface area contributed by atoms with Crippen molar-refractivity contribution in [2.24, 2.45) is 0 Å². The third-order valence-corrected chi connectivity index (χ3v) is 3.64. The molecule has 0 radical (unpaired) electrons. The van der Waals surface area contributed by atoms with Crippen molar-refractivity contribution in [3.05, 3.63) is 17.3 Å². The van der Waals surface area contributed by atoms with Crippen molar-refractivity contribution in [1.82, 2.24) is 20.3 Å². The number of hydrogen-bond acceptors (Lipinski definition) is 5. The van der Waals surface area contributed by atoms with Gasteiger partial charge in [0, 0.05) is 31.6 Å². The lowest BCUT2D eigenvalue weighted by Crippen LogP contribution is -2.52. The highest BCUT2D eigenvalue weighted by Gasteiger charge is 2.24. The van der Waals surface area contributed by atoms with Gasteiger partial charge in [0.1, 0.15) is 5.76 Å². The van der Waals surface area contributed by atoms with Crippen LogP contribution in [0.25, 0.3) is 0 Å². The summed E-state index contributed by atoms with van der Waals surface area (Å²) in [5, 5.41) is 1.97. The van der Waals surface area contributed by atoms with Gasteiger partial charge in [-0.15, -0.1) is 0 Å². The first-order valence-corrected chi connectivity index (χ1v) is 7.45. The summed E-state index contributed by atoms with van der Waals surface area (Å²) in [5.41, 5.74) is 3.60. The van der Waals surface area contributed by atoms with E-state index in [0.29, 0.717) is 11.7 Å². The number of hydrazine groups is 1. The highest BCUT2D eigenvalue weighted by Crippen LogP contribution is 2.24. The normalized spacial score (nSPS) is 18.0. The van der Waals surface area contributed by atoms with Gasteiger partial charge in [0.05, 0.1) is 12.1 Å². The molecule has 0 bridgehead atoms. The molecule has 1 fully saturated rings. The Morgan fingerprint density at radius 3 is 2.43 bits per heavy atom. The van der Waals surface area contributed by atoms with Gasteiger partial charge in [-0.2, -0.15) is 0 Å². The second kappa shape index (κ2) is 6.15. The minimum absolute atomic E-state index is 0.0423. The highest BCUT2D eigenvalue weighted by molar-refractivity contribution is 5.77.